The second-order valence-corrected chi connectivity index (χ2v) is 7.10. The Morgan fingerprint density at radius 2 is 1.43 bits per heavy atom. The highest BCUT2D eigenvalue weighted by molar-refractivity contribution is 7.89. The molecule has 0 aromatic heterocycles. The molecule has 0 atom stereocenters. The predicted octanol–water partition coefficient (Wildman–Crippen LogP) is 2.38. The number of rotatable bonds is 8. The van der Waals surface area contributed by atoms with Crippen LogP contribution in [-0.4, -0.2) is 26.7 Å². The highest BCUT2D eigenvalue weighted by atomic mass is 32.2. The van der Waals surface area contributed by atoms with Crippen LogP contribution in [0.25, 0.3) is 11.1 Å². The molecule has 2 aromatic rings. The fraction of sp³-hybridized carbons (Fsp3) is 0.294. The van der Waals surface area contributed by atoms with Crippen molar-refractivity contribution in [1.29, 1.82) is 0 Å². The van der Waals surface area contributed by atoms with Crippen molar-refractivity contribution in [2.24, 2.45) is 0 Å². The molecule has 0 saturated heterocycles. The summed E-state index contributed by atoms with van der Waals surface area (Å²) in [6.07, 6.45) is 2.20. The second-order valence-electron chi connectivity index (χ2n) is 5.33. The zero-order chi connectivity index (χ0) is 16.7. The lowest BCUT2D eigenvalue weighted by Gasteiger charge is -2.08. The number of anilines is 1. The van der Waals surface area contributed by atoms with Crippen molar-refractivity contribution in [2.45, 2.75) is 24.2 Å². The first-order chi connectivity index (χ1) is 11.0. The fourth-order valence-electron chi connectivity index (χ4n) is 2.21. The van der Waals surface area contributed by atoms with Gasteiger partial charge in [0.25, 0.3) is 0 Å². The van der Waals surface area contributed by atoms with Crippen molar-refractivity contribution < 1.29 is 13.5 Å². The number of sulfonamides is 1. The van der Waals surface area contributed by atoms with Gasteiger partial charge in [-0.05, 0) is 54.7 Å². The molecule has 4 N–H and O–H groups in total. The van der Waals surface area contributed by atoms with E-state index in [-0.39, 0.29) is 11.5 Å². The first-order valence-corrected chi connectivity index (χ1v) is 9.08. The number of benzene rings is 2. The Bertz CT molecular complexity index is 711. The van der Waals surface area contributed by atoms with Gasteiger partial charge in [-0.15, -0.1) is 0 Å². The molecule has 0 aliphatic carbocycles. The van der Waals surface area contributed by atoms with E-state index < -0.39 is 10.0 Å². The average molecular weight is 334 g/mol. The summed E-state index contributed by atoms with van der Waals surface area (Å²) in [4.78, 5) is 0.249. The summed E-state index contributed by atoms with van der Waals surface area (Å²) in [5, 5.41) is 8.69. The standard InChI is InChI=1S/C17H22N2O3S/c18-16-8-4-14(5-9-16)15-6-10-17(11-7-15)23(21,22)19-12-2-1-3-13-20/h4-11,19-20H,1-3,12-13,18H2. The number of nitrogens with two attached hydrogens (primary N) is 1. The summed E-state index contributed by atoms with van der Waals surface area (Å²) >= 11 is 0. The van der Waals surface area contributed by atoms with Gasteiger partial charge in [-0.1, -0.05) is 24.3 Å². The lowest BCUT2D eigenvalue weighted by atomic mass is 10.1. The molecule has 0 unspecified atom stereocenters. The van der Waals surface area contributed by atoms with Gasteiger partial charge >= 0.3 is 0 Å². The van der Waals surface area contributed by atoms with Gasteiger partial charge in [0, 0.05) is 18.8 Å². The third-order valence-corrected chi connectivity index (χ3v) is 5.01. The minimum Gasteiger partial charge on any atom is -0.399 e. The molecular weight excluding hydrogens is 312 g/mol. The molecule has 6 heteroatoms. The number of aliphatic hydroxyl groups is 1. The van der Waals surface area contributed by atoms with E-state index in [0.29, 0.717) is 25.1 Å². The SMILES string of the molecule is Nc1ccc(-c2ccc(S(=O)(=O)NCCCCCO)cc2)cc1. The van der Waals surface area contributed by atoms with E-state index in [1.54, 1.807) is 24.3 Å². The van der Waals surface area contributed by atoms with Gasteiger partial charge in [-0.2, -0.15) is 0 Å². The summed E-state index contributed by atoms with van der Waals surface area (Å²) in [7, 11) is -3.49. The topological polar surface area (TPSA) is 92.4 Å². The Morgan fingerprint density at radius 3 is 2.00 bits per heavy atom. The quantitative estimate of drug-likeness (QED) is 0.510. The van der Waals surface area contributed by atoms with E-state index in [2.05, 4.69) is 4.72 Å². The largest absolute Gasteiger partial charge is 0.399 e. The molecule has 0 aliphatic heterocycles. The summed E-state index contributed by atoms with van der Waals surface area (Å²) in [6, 6.07) is 14.2. The lowest BCUT2D eigenvalue weighted by molar-refractivity contribution is 0.283. The van der Waals surface area contributed by atoms with Crippen LogP contribution in [-0.2, 0) is 10.0 Å². The Hall–Kier alpha value is -1.89. The number of nitrogens with one attached hydrogen (secondary N) is 1. The van der Waals surface area contributed by atoms with Gasteiger partial charge in [0.05, 0.1) is 4.90 Å². The smallest absolute Gasteiger partial charge is 0.240 e. The fourth-order valence-corrected chi connectivity index (χ4v) is 3.28. The molecule has 2 aromatic carbocycles. The van der Waals surface area contributed by atoms with Crippen molar-refractivity contribution in [2.75, 3.05) is 18.9 Å². The maximum absolute atomic E-state index is 12.2. The molecule has 0 spiro atoms. The molecule has 0 fully saturated rings. The van der Waals surface area contributed by atoms with Gasteiger partial charge in [0.2, 0.25) is 10.0 Å². The third-order valence-electron chi connectivity index (χ3n) is 3.54. The van der Waals surface area contributed by atoms with Crippen LogP contribution in [0.5, 0.6) is 0 Å². The van der Waals surface area contributed by atoms with E-state index in [4.69, 9.17) is 10.8 Å². The van der Waals surface area contributed by atoms with Gasteiger partial charge in [-0.3, -0.25) is 0 Å². The second kappa shape index (κ2) is 8.10. The Kier molecular flexibility index (Phi) is 6.15. The molecule has 0 radical (unpaired) electrons. The summed E-state index contributed by atoms with van der Waals surface area (Å²) < 4.78 is 26.9. The minimum absolute atomic E-state index is 0.138. The van der Waals surface area contributed by atoms with Crippen LogP contribution in [0.3, 0.4) is 0 Å². The average Bonchev–Trinajstić information content (AvgIpc) is 2.55. The van der Waals surface area contributed by atoms with Crippen molar-refractivity contribution in [3.8, 4) is 11.1 Å². The van der Waals surface area contributed by atoms with Gasteiger partial charge in [0.1, 0.15) is 0 Å². The van der Waals surface area contributed by atoms with Crippen LogP contribution in [0.4, 0.5) is 5.69 Å². The maximum atomic E-state index is 12.2. The van der Waals surface area contributed by atoms with Crippen LogP contribution in [0.15, 0.2) is 53.4 Å². The maximum Gasteiger partial charge on any atom is 0.240 e. The van der Waals surface area contributed by atoms with E-state index in [0.717, 1.165) is 17.5 Å². The van der Waals surface area contributed by atoms with Crippen LogP contribution >= 0.6 is 0 Å². The lowest BCUT2D eigenvalue weighted by Crippen LogP contribution is -2.24. The highest BCUT2D eigenvalue weighted by Crippen LogP contribution is 2.22. The number of aliphatic hydroxyl groups excluding tert-OH is 1. The van der Waals surface area contributed by atoms with Crippen LogP contribution in [0.1, 0.15) is 19.3 Å². The first kappa shape index (κ1) is 17.5. The van der Waals surface area contributed by atoms with Crippen molar-refractivity contribution in [3.63, 3.8) is 0 Å². The zero-order valence-corrected chi connectivity index (χ0v) is 13.7. The van der Waals surface area contributed by atoms with E-state index >= 15 is 0 Å². The van der Waals surface area contributed by atoms with Crippen molar-refractivity contribution in [3.05, 3.63) is 48.5 Å². The molecule has 0 amide bonds. The number of nitrogen functional groups attached to an aromatic ring is 1. The van der Waals surface area contributed by atoms with Gasteiger partial charge in [0.15, 0.2) is 0 Å². The minimum atomic E-state index is -3.49. The van der Waals surface area contributed by atoms with Crippen LogP contribution in [0, 0.1) is 0 Å². The molecule has 124 valence electrons. The van der Waals surface area contributed by atoms with Crippen LogP contribution < -0.4 is 10.5 Å². The van der Waals surface area contributed by atoms with E-state index in [1.165, 1.54) is 0 Å². The molecule has 0 aliphatic rings. The molecule has 0 saturated carbocycles. The number of hydrogen-bond acceptors (Lipinski definition) is 4. The monoisotopic (exact) mass is 334 g/mol. The molecule has 0 bridgehead atoms. The van der Waals surface area contributed by atoms with Gasteiger partial charge in [-0.25, -0.2) is 13.1 Å². The number of hydrogen-bond donors (Lipinski definition) is 3. The van der Waals surface area contributed by atoms with Gasteiger partial charge < -0.3 is 10.8 Å². The Balaban J connectivity index is 2.02. The molecule has 23 heavy (non-hydrogen) atoms. The summed E-state index contributed by atoms with van der Waals surface area (Å²) in [6.45, 7) is 0.515. The molecule has 5 nitrogen and oxygen atoms in total. The van der Waals surface area contributed by atoms with Crippen molar-refractivity contribution >= 4 is 15.7 Å². The van der Waals surface area contributed by atoms with E-state index in [9.17, 15) is 8.42 Å². The molecule has 0 heterocycles. The molecule has 2 rings (SSSR count). The Labute approximate surface area is 137 Å². The summed E-state index contributed by atoms with van der Waals surface area (Å²) in [5.74, 6) is 0. The molecular formula is C17H22N2O3S. The van der Waals surface area contributed by atoms with Crippen molar-refractivity contribution in [1.82, 2.24) is 4.72 Å². The third kappa shape index (κ3) is 5.06. The Morgan fingerprint density at radius 1 is 0.870 bits per heavy atom. The summed E-state index contributed by atoms with van der Waals surface area (Å²) in [5.41, 5.74) is 8.28. The first-order valence-electron chi connectivity index (χ1n) is 7.59. The normalized spacial score (nSPS) is 11.5. The predicted molar refractivity (Wildman–Crippen MR) is 92.4 cm³/mol. The number of unbranched alkanes of at least 4 members (excludes halogenated alkanes) is 2. The zero-order valence-electron chi connectivity index (χ0n) is 12.9. The van der Waals surface area contributed by atoms with Crippen LogP contribution in [0.2, 0.25) is 0 Å². The van der Waals surface area contributed by atoms with E-state index in [1.807, 2.05) is 24.3 Å². The highest BCUT2D eigenvalue weighted by Gasteiger charge is 2.13.